The molecule has 1 aliphatic carbocycles. The molecule has 3 aromatic rings. The number of nitrogens with zero attached hydrogens (tertiary/aromatic N) is 2. The molecule has 2 aromatic heterocycles. The molecule has 0 radical (unpaired) electrons. The fourth-order valence-electron chi connectivity index (χ4n) is 5.29. The zero-order valence-electron chi connectivity index (χ0n) is 19.6. The second kappa shape index (κ2) is 8.99. The van der Waals surface area contributed by atoms with E-state index in [-0.39, 0.29) is 17.9 Å². The first-order valence-corrected chi connectivity index (χ1v) is 12.4. The number of rotatable bonds is 5. The van der Waals surface area contributed by atoms with Crippen molar-refractivity contribution in [2.75, 3.05) is 0 Å². The van der Waals surface area contributed by atoms with Gasteiger partial charge in [-0.05, 0) is 67.6 Å². The van der Waals surface area contributed by atoms with Crippen molar-refractivity contribution in [3.63, 3.8) is 0 Å². The minimum atomic E-state index is -1.07. The predicted molar refractivity (Wildman–Crippen MR) is 131 cm³/mol. The van der Waals surface area contributed by atoms with Crippen LogP contribution in [0.2, 0.25) is 5.02 Å². The van der Waals surface area contributed by atoms with Gasteiger partial charge in [-0.2, -0.15) is 0 Å². The summed E-state index contributed by atoms with van der Waals surface area (Å²) < 4.78 is 7.54. The van der Waals surface area contributed by atoms with Crippen LogP contribution >= 0.6 is 11.6 Å². The summed E-state index contributed by atoms with van der Waals surface area (Å²) in [6, 6.07) is 14.9. The van der Waals surface area contributed by atoms with Gasteiger partial charge in [0, 0.05) is 17.6 Å². The maximum atomic E-state index is 13.9. The maximum Gasteiger partial charge on any atom is 0.271 e. The molecule has 0 bridgehead atoms. The summed E-state index contributed by atoms with van der Waals surface area (Å²) in [6.07, 6.45) is 6.01. The second-order valence-corrected chi connectivity index (χ2v) is 10.2. The van der Waals surface area contributed by atoms with Crippen molar-refractivity contribution in [3.05, 3.63) is 71.1 Å². The van der Waals surface area contributed by atoms with E-state index in [0.717, 1.165) is 30.5 Å². The number of amides is 2. The zero-order valence-corrected chi connectivity index (χ0v) is 20.3. The molecule has 0 saturated heterocycles. The normalized spacial score (nSPS) is 24.7. The minimum Gasteiger partial charge on any atom is -0.463 e. The van der Waals surface area contributed by atoms with Crippen LogP contribution in [0.5, 0.6) is 0 Å². The molecule has 7 heteroatoms. The Morgan fingerprint density at radius 1 is 1.12 bits per heavy atom. The van der Waals surface area contributed by atoms with Crippen molar-refractivity contribution in [1.29, 1.82) is 0 Å². The molecule has 1 aliphatic heterocycles. The number of carbonyl (C=O) groups is 2. The molecular formula is C27H30ClN3O3. The number of nitrogens with one attached hydrogen (secondary N) is 1. The van der Waals surface area contributed by atoms with E-state index in [9.17, 15) is 9.59 Å². The Bertz CT molecular complexity index is 1180. The van der Waals surface area contributed by atoms with E-state index in [1.54, 1.807) is 11.2 Å². The van der Waals surface area contributed by atoms with Crippen LogP contribution in [0, 0.1) is 5.92 Å². The van der Waals surface area contributed by atoms with Crippen LogP contribution in [-0.4, -0.2) is 32.9 Å². The monoisotopic (exact) mass is 479 g/mol. The van der Waals surface area contributed by atoms with Gasteiger partial charge >= 0.3 is 0 Å². The molecule has 1 aromatic carbocycles. The van der Waals surface area contributed by atoms with Crippen molar-refractivity contribution < 1.29 is 14.0 Å². The lowest BCUT2D eigenvalue weighted by molar-refractivity contribution is -0.134. The number of carbonyl (C=O) groups excluding carboxylic acids is 2. The fraction of sp³-hybridized carbons (Fsp3) is 0.407. The molecule has 2 aliphatic rings. The van der Waals surface area contributed by atoms with E-state index in [1.807, 2.05) is 60.0 Å². The van der Waals surface area contributed by atoms with Gasteiger partial charge in [0.05, 0.1) is 18.5 Å². The Morgan fingerprint density at radius 2 is 1.85 bits per heavy atom. The third-order valence-electron chi connectivity index (χ3n) is 7.45. The summed E-state index contributed by atoms with van der Waals surface area (Å²) in [5, 5.41) is 3.95. The third kappa shape index (κ3) is 4.05. The molecule has 1 saturated carbocycles. The van der Waals surface area contributed by atoms with Gasteiger partial charge in [-0.25, -0.2) is 0 Å². The summed E-state index contributed by atoms with van der Waals surface area (Å²) in [4.78, 5) is 29.4. The highest BCUT2D eigenvalue weighted by Crippen LogP contribution is 2.35. The van der Waals surface area contributed by atoms with Crippen LogP contribution < -0.4 is 5.32 Å². The highest BCUT2D eigenvalue weighted by Gasteiger charge is 2.48. The molecule has 2 amide bonds. The Morgan fingerprint density at radius 3 is 2.56 bits per heavy atom. The van der Waals surface area contributed by atoms with Crippen LogP contribution in [-0.2, 0) is 17.9 Å². The van der Waals surface area contributed by atoms with E-state index in [4.69, 9.17) is 16.0 Å². The molecular weight excluding hydrogens is 450 g/mol. The molecule has 1 N–H and O–H groups in total. The van der Waals surface area contributed by atoms with Crippen LogP contribution in [0.3, 0.4) is 0 Å². The molecule has 0 unspecified atom stereocenters. The average molecular weight is 480 g/mol. The lowest BCUT2D eigenvalue weighted by Crippen LogP contribution is -2.65. The maximum absolute atomic E-state index is 13.9. The van der Waals surface area contributed by atoms with E-state index >= 15 is 0 Å². The van der Waals surface area contributed by atoms with Crippen molar-refractivity contribution >= 4 is 23.4 Å². The summed E-state index contributed by atoms with van der Waals surface area (Å²) in [5.41, 5.74) is 1.21. The molecule has 34 heavy (non-hydrogen) atoms. The second-order valence-electron chi connectivity index (χ2n) is 9.80. The first-order chi connectivity index (χ1) is 16.4. The van der Waals surface area contributed by atoms with Crippen LogP contribution in [0.4, 0.5) is 0 Å². The van der Waals surface area contributed by atoms with Gasteiger partial charge in [0.15, 0.2) is 0 Å². The van der Waals surface area contributed by atoms with Gasteiger partial charge in [0.25, 0.3) is 5.91 Å². The summed E-state index contributed by atoms with van der Waals surface area (Å²) in [6.45, 7) is 4.74. The number of hydrogen-bond donors (Lipinski definition) is 1. The van der Waals surface area contributed by atoms with Gasteiger partial charge in [-0.1, -0.05) is 43.5 Å². The van der Waals surface area contributed by atoms with Crippen molar-refractivity contribution in [2.45, 2.75) is 64.2 Å². The minimum absolute atomic E-state index is 0.113. The lowest BCUT2D eigenvalue weighted by Gasteiger charge is -2.45. The Balaban J connectivity index is 1.52. The highest BCUT2D eigenvalue weighted by atomic mass is 35.5. The molecule has 3 heterocycles. The summed E-state index contributed by atoms with van der Waals surface area (Å²) in [7, 11) is 0. The van der Waals surface area contributed by atoms with Gasteiger partial charge < -0.3 is 19.2 Å². The van der Waals surface area contributed by atoms with Gasteiger partial charge in [0.2, 0.25) is 5.91 Å². The zero-order chi connectivity index (χ0) is 23.9. The van der Waals surface area contributed by atoms with Crippen molar-refractivity contribution in [1.82, 2.24) is 14.8 Å². The average Bonchev–Trinajstić information content (AvgIpc) is 3.49. The Hall–Kier alpha value is -2.99. The molecule has 3 atom stereocenters. The lowest BCUT2D eigenvalue weighted by atomic mass is 9.85. The topological polar surface area (TPSA) is 67.5 Å². The first-order valence-electron chi connectivity index (χ1n) is 12.0. The van der Waals surface area contributed by atoms with Crippen molar-refractivity contribution in [2.24, 2.45) is 5.92 Å². The van der Waals surface area contributed by atoms with Gasteiger partial charge in [-0.3, -0.25) is 9.59 Å². The molecule has 6 nitrogen and oxygen atoms in total. The number of benzene rings is 1. The standard InChI is InChI=1S/C27H30ClN3O3/c1-18-6-3-4-7-21(18)29-26(33)27(2)17-30-22(24-8-5-15-34-24)13-14-23(30)25(32)31(27)16-19-9-11-20(28)12-10-19/h5,8-15,18,21H,3-4,6-7,16-17H2,1-2H3,(H,29,33)/t18-,21-,27-/m1/s1. The molecule has 178 valence electrons. The van der Waals surface area contributed by atoms with E-state index in [0.29, 0.717) is 35.5 Å². The number of aromatic nitrogens is 1. The SMILES string of the molecule is C[C@@H]1CCCC[C@H]1NC(=O)[C@@]1(C)Cn2c(ccc2-c2ccco2)C(=O)N1Cc1ccc(Cl)cc1. The largest absolute Gasteiger partial charge is 0.463 e. The third-order valence-corrected chi connectivity index (χ3v) is 7.70. The van der Waals surface area contributed by atoms with E-state index in [1.165, 1.54) is 6.42 Å². The van der Waals surface area contributed by atoms with E-state index < -0.39 is 5.54 Å². The molecule has 0 spiro atoms. The first kappa shape index (κ1) is 22.8. The number of furan rings is 1. The Kier molecular flexibility index (Phi) is 6.02. The highest BCUT2D eigenvalue weighted by molar-refractivity contribution is 6.30. The number of halogens is 1. The summed E-state index contributed by atoms with van der Waals surface area (Å²) >= 11 is 6.07. The fourth-order valence-corrected chi connectivity index (χ4v) is 5.41. The Labute approximate surface area is 204 Å². The van der Waals surface area contributed by atoms with E-state index in [2.05, 4.69) is 12.2 Å². The van der Waals surface area contributed by atoms with Crippen LogP contribution in [0.25, 0.3) is 11.5 Å². The molecule has 1 fully saturated rings. The predicted octanol–water partition coefficient (Wildman–Crippen LogP) is 5.51. The number of hydrogen-bond acceptors (Lipinski definition) is 3. The van der Waals surface area contributed by atoms with Gasteiger partial charge in [0.1, 0.15) is 17.0 Å². The van der Waals surface area contributed by atoms with Gasteiger partial charge in [-0.15, -0.1) is 0 Å². The van der Waals surface area contributed by atoms with Crippen molar-refractivity contribution in [3.8, 4) is 11.5 Å². The smallest absolute Gasteiger partial charge is 0.271 e. The number of fused-ring (bicyclic) bond motifs is 1. The molecule has 5 rings (SSSR count). The quantitative estimate of drug-likeness (QED) is 0.524. The van der Waals surface area contributed by atoms with Crippen LogP contribution in [0.1, 0.15) is 55.6 Å². The summed E-state index contributed by atoms with van der Waals surface area (Å²) in [5.74, 6) is 0.812. The van der Waals surface area contributed by atoms with Crippen LogP contribution in [0.15, 0.2) is 59.2 Å².